The molecule has 5 nitrogen and oxygen atoms in total. The van der Waals surface area contributed by atoms with E-state index in [0.29, 0.717) is 23.2 Å². The Labute approximate surface area is 225 Å². The number of carbonyl (C=O) groups is 2. The lowest BCUT2D eigenvalue weighted by atomic mass is 9.93. The van der Waals surface area contributed by atoms with Crippen molar-refractivity contribution in [1.29, 1.82) is 0 Å². The SMILES string of the molecule is O=C1c2ccccc2C(=O)N1c1ccc2c(c1)c1c(c3ccccc32)N=C(c2c[nH]c3ccc(Br)cc23)C1. The van der Waals surface area contributed by atoms with Gasteiger partial charge in [0.1, 0.15) is 0 Å². The molecule has 5 aromatic carbocycles. The van der Waals surface area contributed by atoms with Crippen LogP contribution in [0.15, 0.2) is 101 Å². The third kappa shape index (κ3) is 2.89. The van der Waals surface area contributed by atoms with E-state index in [-0.39, 0.29) is 11.8 Å². The van der Waals surface area contributed by atoms with Gasteiger partial charge in [-0.15, -0.1) is 0 Å². The van der Waals surface area contributed by atoms with Gasteiger partial charge in [0, 0.05) is 38.9 Å². The van der Waals surface area contributed by atoms with Crippen molar-refractivity contribution in [2.24, 2.45) is 4.99 Å². The molecule has 2 aliphatic rings. The molecule has 0 fully saturated rings. The number of aromatic amines is 1. The van der Waals surface area contributed by atoms with E-state index in [0.717, 1.165) is 59.4 Å². The molecule has 0 radical (unpaired) electrons. The molecule has 0 saturated heterocycles. The average Bonchev–Trinajstić information content (AvgIpc) is 3.63. The lowest BCUT2D eigenvalue weighted by Gasteiger charge is -2.17. The van der Waals surface area contributed by atoms with Gasteiger partial charge in [0.2, 0.25) is 0 Å². The van der Waals surface area contributed by atoms with Gasteiger partial charge in [0.05, 0.1) is 28.2 Å². The van der Waals surface area contributed by atoms with Crippen molar-refractivity contribution >= 4 is 77.3 Å². The largest absolute Gasteiger partial charge is 0.360 e. The van der Waals surface area contributed by atoms with Crippen LogP contribution in [0.2, 0.25) is 0 Å². The first kappa shape index (κ1) is 21.5. The number of imide groups is 1. The lowest BCUT2D eigenvalue weighted by molar-refractivity contribution is 0.0926. The van der Waals surface area contributed by atoms with Crippen LogP contribution in [0.25, 0.3) is 32.4 Å². The van der Waals surface area contributed by atoms with Crippen LogP contribution < -0.4 is 4.90 Å². The quantitative estimate of drug-likeness (QED) is 0.175. The molecule has 1 N–H and O–H groups in total. The first-order valence-corrected chi connectivity index (χ1v) is 13.2. The van der Waals surface area contributed by atoms with Gasteiger partial charge in [-0.25, -0.2) is 4.90 Å². The number of aromatic nitrogens is 1. The monoisotopic (exact) mass is 555 g/mol. The molecule has 2 aliphatic heterocycles. The predicted octanol–water partition coefficient (Wildman–Crippen LogP) is 7.71. The number of rotatable bonds is 2. The summed E-state index contributed by atoms with van der Waals surface area (Å²) in [5, 5.41) is 5.40. The topological polar surface area (TPSA) is 65.5 Å². The fourth-order valence-corrected chi connectivity index (χ4v) is 6.29. The van der Waals surface area contributed by atoms with Crippen molar-refractivity contribution in [2.75, 3.05) is 4.90 Å². The second kappa shape index (κ2) is 7.73. The van der Waals surface area contributed by atoms with Gasteiger partial charge in [-0.3, -0.25) is 14.6 Å². The smallest absolute Gasteiger partial charge is 0.266 e. The third-order valence-electron chi connectivity index (χ3n) is 7.68. The summed E-state index contributed by atoms with van der Waals surface area (Å²) in [6, 6.07) is 27.4. The highest BCUT2D eigenvalue weighted by Crippen LogP contribution is 2.44. The van der Waals surface area contributed by atoms with E-state index >= 15 is 0 Å². The van der Waals surface area contributed by atoms with Crippen molar-refractivity contribution in [3.05, 3.63) is 118 Å². The number of nitrogens with one attached hydrogen (secondary N) is 1. The summed E-state index contributed by atoms with van der Waals surface area (Å²) in [5.41, 5.74) is 6.65. The van der Waals surface area contributed by atoms with E-state index in [2.05, 4.69) is 45.2 Å². The summed E-state index contributed by atoms with van der Waals surface area (Å²) in [6.45, 7) is 0. The first-order chi connectivity index (χ1) is 18.6. The Morgan fingerprint density at radius 3 is 2.21 bits per heavy atom. The molecule has 2 amide bonds. The molecule has 0 spiro atoms. The highest BCUT2D eigenvalue weighted by Gasteiger charge is 2.36. The summed E-state index contributed by atoms with van der Waals surface area (Å²) < 4.78 is 1.02. The number of benzene rings is 5. The maximum absolute atomic E-state index is 13.2. The van der Waals surface area contributed by atoms with Crippen LogP contribution in [0.4, 0.5) is 11.4 Å². The lowest BCUT2D eigenvalue weighted by Crippen LogP contribution is -2.29. The molecular weight excluding hydrogens is 538 g/mol. The Morgan fingerprint density at radius 2 is 1.42 bits per heavy atom. The Morgan fingerprint density at radius 1 is 0.711 bits per heavy atom. The number of carbonyl (C=O) groups excluding carboxylic acids is 2. The summed E-state index contributed by atoms with van der Waals surface area (Å²) in [6.07, 6.45) is 2.68. The maximum Gasteiger partial charge on any atom is 0.266 e. The number of H-pyrrole nitrogens is 1. The van der Waals surface area contributed by atoms with Gasteiger partial charge >= 0.3 is 0 Å². The number of hydrogen-bond donors (Lipinski definition) is 1. The van der Waals surface area contributed by atoms with Crippen LogP contribution in [-0.2, 0) is 6.42 Å². The average molecular weight is 556 g/mol. The molecule has 0 unspecified atom stereocenters. The van der Waals surface area contributed by atoms with Crippen molar-refractivity contribution < 1.29 is 9.59 Å². The van der Waals surface area contributed by atoms with Crippen molar-refractivity contribution in [1.82, 2.24) is 4.98 Å². The maximum atomic E-state index is 13.2. The number of fused-ring (bicyclic) bond motifs is 8. The molecule has 38 heavy (non-hydrogen) atoms. The van der Waals surface area contributed by atoms with E-state index in [1.54, 1.807) is 24.3 Å². The second-order valence-electron chi connectivity index (χ2n) is 9.72. The Balaban J connectivity index is 1.33. The molecular formula is C32H18BrN3O2. The van der Waals surface area contributed by atoms with Gasteiger partial charge in [0.25, 0.3) is 11.8 Å². The summed E-state index contributed by atoms with van der Waals surface area (Å²) >= 11 is 3.60. The molecule has 180 valence electrons. The zero-order valence-corrected chi connectivity index (χ0v) is 21.5. The van der Waals surface area contributed by atoms with E-state index in [9.17, 15) is 9.59 Å². The van der Waals surface area contributed by atoms with Crippen LogP contribution in [0.1, 0.15) is 31.8 Å². The normalized spacial score (nSPS) is 14.6. The zero-order chi connectivity index (χ0) is 25.5. The summed E-state index contributed by atoms with van der Waals surface area (Å²) in [5.74, 6) is -0.576. The van der Waals surface area contributed by atoms with E-state index in [4.69, 9.17) is 4.99 Å². The van der Waals surface area contributed by atoms with Crippen LogP contribution in [0.3, 0.4) is 0 Å². The van der Waals surface area contributed by atoms with Gasteiger partial charge in [-0.1, -0.05) is 58.4 Å². The fraction of sp³-hybridized carbons (Fsp3) is 0.0312. The number of halogens is 1. The number of anilines is 1. The molecule has 0 atom stereocenters. The number of hydrogen-bond acceptors (Lipinski definition) is 3. The van der Waals surface area contributed by atoms with E-state index < -0.39 is 0 Å². The summed E-state index contributed by atoms with van der Waals surface area (Å²) in [4.78, 5) is 36.3. The fourth-order valence-electron chi connectivity index (χ4n) is 5.93. The van der Waals surface area contributed by atoms with Gasteiger partial charge in [0.15, 0.2) is 0 Å². The van der Waals surface area contributed by atoms with Crippen molar-refractivity contribution in [2.45, 2.75) is 6.42 Å². The van der Waals surface area contributed by atoms with Gasteiger partial charge < -0.3 is 4.98 Å². The minimum absolute atomic E-state index is 0.288. The Bertz CT molecular complexity index is 2040. The van der Waals surface area contributed by atoms with Crippen LogP contribution in [-0.4, -0.2) is 22.5 Å². The molecule has 3 heterocycles. The molecule has 1 aromatic heterocycles. The highest BCUT2D eigenvalue weighted by molar-refractivity contribution is 9.10. The first-order valence-electron chi connectivity index (χ1n) is 12.4. The summed E-state index contributed by atoms with van der Waals surface area (Å²) in [7, 11) is 0. The predicted molar refractivity (Wildman–Crippen MR) is 155 cm³/mol. The van der Waals surface area contributed by atoms with Crippen molar-refractivity contribution in [3.8, 4) is 0 Å². The third-order valence-corrected chi connectivity index (χ3v) is 8.18. The Kier molecular flexibility index (Phi) is 4.38. The standard InChI is InChI=1S/C32H18BrN3O2/c33-17-9-12-28-25(13-17)27(16-34-28)29-15-26-24-14-18(36-31(37)22-7-3-4-8-23(22)32(36)38)10-11-20(24)19-5-1-2-6-21(19)30(26)35-29/h1-14,16,34H,15H2. The van der Waals surface area contributed by atoms with Gasteiger partial charge in [-0.2, -0.15) is 0 Å². The second-order valence-corrected chi connectivity index (χ2v) is 10.6. The molecule has 8 rings (SSSR count). The minimum atomic E-state index is -0.288. The molecule has 0 bridgehead atoms. The van der Waals surface area contributed by atoms with E-state index in [1.807, 2.05) is 42.6 Å². The van der Waals surface area contributed by atoms with E-state index in [1.165, 1.54) is 4.90 Å². The number of aliphatic imine (C=N–C) groups is 1. The zero-order valence-electron chi connectivity index (χ0n) is 20.0. The number of nitrogens with zero attached hydrogens (tertiary/aromatic N) is 2. The number of amides is 2. The van der Waals surface area contributed by atoms with Crippen LogP contribution >= 0.6 is 15.9 Å². The molecule has 6 heteroatoms. The minimum Gasteiger partial charge on any atom is -0.360 e. The molecule has 0 aliphatic carbocycles. The van der Waals surface area contributed by atoms with Crippen LogP contribution in [0, 0.1) is 0 Å². The Hall–Kier alpha value is -4.55. The van der Waals surface area contributed by atoms with Crippen molar-refractivity contribution in [3.63, 3.8) is 0 Å². The van der Waals surface area contributed by atoms with Crippen LogP contribution in [0.5, 0.6) is 0 Å². The van der Waals surface area contributed by atoms with Gasteiger partial charge in [-0.05, 0) is 64.2 Å². The molecule has 6 aromatic rings. The molecule has 0 saturated carbocycles. The highest BCUT2D eigenvalue weighted by atomic mass is 79.9.